The van der Waals surface area contributed by atoms with Crippen LogP contribution < -0.4 is 0 Å². The van der Waals surface area contributed by atoms with Crippen LogP contribution in [0.2, 0.25) is 0 Å². The first-order valence-corrected chi connectivity index (χ1v) is 8.56. The van der Waals surface area contributed by atoms with E-state index in [0.717, 1.165) is 0 Å². The molecule has 119 valence electrons. The van der Waals surface area contributed by atoms with E-state index < -0.39 is 18.6 Å². The molecule has 1 radical (unpaired) electrons. The molecular weight excluding hydrogens is 420 g/mol. The molecule has 0 N–H and O–H groups in total. The Morgan fingerprint density at radius 1 is 0.905 bits per heavy atom. The van der Waals surface area contributed by atoms with Gasteiger partial charge >= 0.3 is 0 Å². The lowest BCUT2D eigenvalue weighted by Crippen LogP contribution is -2.45. The molecule has 0 bridgehead atoms. The van der Waals surface area contributed by atoms with Gasteiger partial charge in [-0.15, -0.1) is 0 Å². The van der Waals surface area contributed by atoms with Crippen molar-refractivity contribution in [1.29, 1.82) is 0 Å². The lowest BCUT2D eigenvalue weighted by molar-refractivity contribution is 0.0478. The lowest BCUT2D eigenvalue weighted by atomic mass is 9.92. The fourth-order valence-electron chi connectivity index (χ4n) is 1.74. The van der Waals surface area contributed by atoms with Gasteiger partial charge in [0.1, 0.15) is 6.10 Å². The molecule has 8 heteroatoms. The average Bonchev–Trinajstić information content (AvgIpc) is 2.36. The Balaban J connectivity index is 3.46. The van der Waals surface area contributed by atoms with Crippen LogP contribution in [0.25, 0.3) is 0 Å². The zero-order valence-electron chi connectivity index (χ0n) is 11.0. The molecule has 0 saturated heterocycles. The summed E-state index contributed by atoms with van der Waals surface area (Å²) in [6, 6.07) is 6.48. The topological polar surface area (TPSA) is 19.9 Å². The Labute approximate surface area is 159 Å². The molecule has 0 fully saturated rings. The highest BCUT2D eigenvalue weighted by molar-refractivity contribution is 6.78. The summed E-state index contributed by atoms with van der Waals surface area (Å²) in [5.41, 5.74) is 0.579. The van der Waals surface area contributed by atoms with Crippen LogP contribution in [0, 0.1) is 5.92 Å². The minimum Gasteiger partial charge on any atom is -0.228 e. The highest BCUT2D eigenvalue weighted by Crippen LogP contribution is 2.61. The van der Waals surface area contributed by atoms with Crippen molar-refractivity contribution in [3.05, 3.63) is 35.4 Å². The van der Waals surface area contributed by atoms with Gasteiger partial charge in [-0.3, -0.25) is 0 Å². The standard InChI is InChI=1S/C13H12Cl7O/c1-7(2)10(21)8-5-3-4-6-9(8)11(14,15)12(16,17)13(18,19)20/h3-7,10H,1-2H3. The maximum Gasteiger partial charge on any atom is 0.226 e. The molecule has 1 rings (SSSR count). The van der Waals surface area contributed by atoms with Crippen molar-refractivity contribution in [2.45, 2.75) is 32.4 Å². The number of rotatable bonds is 4. The Morgan fingerprint density at radius 3 is 1.81 bits per heavy atom. The number of hydrogen-bond acceptors (Lipinski definition) is 0. The van der Waals surface area contributed by atoms with Crippen LogP contribution in [0.5, 0.6) is 0 Å². The SMILES string of the molecule is CC(C)C([O])c1ccccc1C(Cl)(Cl)C(Cl)(Cl)C(Cl)(Cl)Cl. The summed E-state index contributed by atoms with van der Waals surface area (Å²) in [6.45, 7) is 3.56. The monoisotopic (exact) mass is 429 g/mol. The molecule has 0 aliphatic carbocycles. The highest BCUT2D eigenvalue weighted by Gasteiger charge is 2.61. The molecule has 1 atom stereocenters. The van der Waals surface area contributed by atoms with E-state index in [1.807, 2.05) is 0 Å². The quantitative estimate of drug-likeness (QED) is 0.457. The van der Waals surface area contributed by atoms with Crippen molar-refractivity contribution in [3.8, 4) is 0 Å². The zero-order chi connectivity index (χ0) is 16.6. The maximum absolute atomic E-state index is 12.4. The Bertz CT molecular complexity index is 494. The minimum absolute atomic E-state index is 0.192. The van der Waals surface area contributed by atoms with Gasteiger partial charge in [0.2, 0.25) is 8.13 Å². The predicted octanol–water partition coefficient (Wildman–Crippen LogP) is 6.99. The molecule has 1 aromatic carbocycles. The van der Waals surface area contributed by atoms with Crippen LogP contribution in [0.3, 0.4) is 0 Å². The van der Waals surface area contributed by atoms with E-state index in [0.29, 0.717) is 5.56 Å². The van der Waals surface area contributed by atoms with Crippen LogP contribution in [-0.4, -0.2) is 8.13 Å². The number of hydrogen-bond donors (Lipinski definition) is 0. The molecule has 0 spiro atoms. The zero-order valence-corrected chi connectivity index (χ0v) is 16.3. The van der Waals surface area contributed by atoms with Crippen molar-refractivity contribution in [3.63, 3.8) is 0 Å². The van der Waals surface area contributed by atoms with Gasteiger partial charge in [0.25, 0.3) is 0 Å². The minimum atomic E-state index is -2.17. The van der Waals surface area contributed by atoms with E-state index >= 15 is 0 Å². The normalized spacial score (nSPS) is 15.4. The van der Waals surface area contributed by atoms with Gasteiger partial charge < -0.3 is 0 Å². The summed E-state index contributed by atoms with van der Waals surface area (Å²) in [7, 11) is 0. The Kier molecular flexibility index (Phi) is 6.74. The van der Waals surface area contributed by atoms with E-state index in [4.69, 9.17) is 81.2 Å². The second-order valence-electron chi connectivity index (χ2n) is 4.90. The Hall–Kier alpha value is 1.21. The Morgan fingerprint density at radius 2 is 1.38 bits per heavy atom. The van der Waals surface area contributed by atoms with Gasteiger partial charge in [0.05, 0.1) is 0 Å². The van der Waals surface area contributed by atoms with E-state index in [1.54, 1.807) is 38.1 Å². The third kappa shape index (κ3) is 4.00. The third-order valence-electron chi connectivity index (χ3n) is 2.96. The molecule has 1 nitrogen and oxygen atoms in total. The van der Waals surface area contributed by atoms with Gasteiger partial charge in [-0.25, -0.2) is 5.11 Å². The van der Waals surface area contributed by atoms with Crippen molar-refractivity contribution < 1.29 is 5.11 Å². The second-order valence-corrected chi connectivity index (χ2v) is 9.83. The van der Waals surface area contributed by atoms with Crippen LogP contribution in [0.4, 0.5) is 0 Å². The molecule has 0 aliphatic rings. The van der Waals surface area contributed by atoms with Gasteiger partial charge in [0.15, 0.2) is 4.33 Å². The van der Waals surface area contributed by atoms with Gasteiger partial charge in [-0.05, 0) is 17.0 Å². The molecule has 0 aliphatic heterocycles. The van der Waals surface area contributed by atoms with Crippen molar-refractivity contribution in [2.75, 3.05) is 0 Å². The molecule has 1 aromatic rings. The number of halogens is 7. The van der Waals surface area contributed by atoms with Crippen molar-refractivity contribution >= 4 is 81.2 Å². The second kappa shape index (κ2) is 6.99. The van der Waals surface area contributed by atoms with Crippen molar-refractivity contribution in [2.24, 2.45) is 5.92 Å². The number of benzene rings is 1. The predicted molar refractivity (Wildman–Crippen MR) is 92.8 cm³/mol. The summed E-state index contributed by atoms with van der Waals surface area (Å²) in [5, 5.41) is 12.4. The average molecular weight is 432 g/mol. The van der Waals surface area contributed by atoms with Crippen molar-refractivity contribution in [1.82, 2.24) is 0 Å². The summed E-state index contributed by atoms with van der Waals surface area (Å²) < 4.78 is -6.32. The van der Waals surface area contributed by atoms with E-state index in [-0.39, 0.29) is 11.5 Å². The van der Waals surface area contributed by atoms with Crippen LogP contribution in [0.1, 0.15) is 31.1 Å². The molecule has 1 unspecified atom stereocenters. The number of alkyl halides is 7. The van der Waals surface area contributed by atoms with Crippen LogP contribution in [-0.2, 0) is 9.44 Å². The molecule has 21 heavy (non-hydrogen) atoms. The molecule has 0 amide bonds. The maximum atomic E-state index is 12.4. The molecule has 0 heterocycles. The molecule has 0 aromatic heterocycles. The lowest BCUT2D eigenvalue weighted by Gasteiger charge is -2.39. The van der Waals surface area contributed by atoms with E-state index in [9.17, 15) is 5.11 Å². The summed E-state index contributed by atoms with van der Waals surface area (Å²) in [6.07, 6.45) is -1.07. The van der Waals surface area contributed by atoms with Gasteiger partial charge in [0, 0.05) is 0 Å². The first-order chi connectivity index (χ1) is 9.34. The van der Waals surface area contributed by atoms with Crippen LogP contribution >= 0.6 is 81.2 Å². The van der Waals surface area contributed by atoms with Gasteiger partial charge in [-0.1, -0.05) is 119 Å². The third-order valence-corrected chi connectivity index (χ3v) is 6.89. The molecular formula is C13H12Cl7O. The van der Waals surface area contributed by atoms with Gasteiger partial charge in [-0.2, -0.15) is 0 Å². The summed E-state index contributed by atoms with van der Waals surface area (Å²) in [5.74, 6) is -0.192. The fraction of sp³-hybridized carbons (Fsp3) is 0.538. The fourth-order valence-corrected chi connectivity index (χ4v) is 3.28. The first kappa shape index (κ1) is 20.3. The summed E-state index contributed by atoms with van der Waals surface area (Å²) >= 11 is 42.1. The highest BCUT2D eigenvalue weighted by atomic mass is 35.6. The van der Waals surface area contributed by atoms with E-state index in [2.05, 4.69) is 0 Å². The van der Waals surface area contributed by atoms with E-state index in [1.165, 1.54) is 0 Å². The van der Waals surface area contributed by atoms with Crippen LogP contribution in [0.15, 0.2) is 24.3 Å². The molecule has 0 saturated carbocycles. The largest absolute Gasteiger partial charge is 0.228 e. The first-order valence-electron chi connectivity index (χ1n) is 5.91. The summed E-state index contributed by atoms with van der Waals surface area (Å²) in [4.78, 5) is 0. The smallest absolute Gasteiger partial charge is 0.226 e.